The van der Waals surface area contributed by atoms with Gasteiger partial charge in [-0.1, -0.05) is 29.8 Å². The first-order chi connectivity index (χ1) is 17.7. The molecule has 188 valence electrons. The van der Waals surface area contributed by atoms with Crippen LogP contribution >= 0.6 is 11.6 Å². The zero-order valence-corrected chi connectivity index (χ0v) is 19.6. The maximum absolute atomic E-state index is 14.5. The van der Waals surface area contributed by atoms with Crippen molar-refractivity contribution >= 4 is 17.2 Å². The van der Waals surface area contributed by atoms with Gasteiger partial charge in [0.2, 0.25) is 5.88 Å². The van der Waals surface area contributed by atoms with Crippen LogP contribution in [0.5, 0.6) is 5.88 Å². The Morgan fingerprint density at radius 2 is 1.76 bits per heavy atom. The minimum Gasteiger partial charge on any atom is -0.479 e. The van der Waals surface area contributed by atoms with Crippen LogP contribution in [0.15, 0.2) is 65.8 Å². The van der Waals surface area contributed by atoms with E-state index in [0.717, 1.165) is 21.5 Å². The minimum atomic E-state index is -4.58. The molecule has 0 unspecified atom stereocenters. The Balaban J connectivity index is 1.66. The molecule has 0 bridgehead atoms. The number of fused-ring (bicyclic) bond motifs is 1. The fourth-order valence-electron chi connectivity index (χ4n) is 3.76. The lowest BCUT2D eigenvalue weighted by atomic mass is 9.98. The van der Waals surface area contributed by atoms with Crippen molar-refractivity contribution in [1.29, 1.82) is 0 Å². The summed E-state index contributed by atoms with van der Waals surface area (Å²) in [4.78, 5) is 20.5. The summed E-state index contributed by atoms with van der Waals surface area (Å²) in [6.07, 6.45) is -0.767. The van der Waals surface area contributed by atoms with Gasteiger partial charge in [0.25, 0.3) is 0 Å². The van der Waals surface area contributed by atoms with Crippen LogP contribution < -0.4 is 10.4 Å². The number of hydrogen-bond donors (Lipinski definition) is 0. The van der Waals surface area contributed by atoms with Crippen molar-refractivity contribution in [2.45, 2.75) is 12.7 Å². The van der Waals surface area contributed by atoms with Crippen molar-refractivity contribution in [2.24, 2.45) is 0 Å². The van der Waals surface area contributed by atoms with Gasteiger partial charge in [0.15, 0.2) is 11.5 Å². The molecular formula is C24H15ClF4N6O2. The summed E-state index contributed by atoms with van der Waals surface area (Å²) in [5.41, 5.74) is 0.625. The molecule has 4 aromatic heterocycles. The van der Waals surface area contributed by atoms with E-state index in [1.165, 1.54) is 31.6 Å². The summed E-state index contributed by atoms with van der Waals surface area (Å²) in [5.74, 6) is -0.879. The largest absolute Gasteiger partial charge is 0.479 e. The quantitative estimate of drug-likeness (QED) is 0.301. The van der Waals surface area contributed by atoms with E-state index in [4.69, 9.17) is 16.3 Å². The molecule has 0 aliphatic carbocycles. The van der Waals surface area contributed by atoms with Crippen molar-refractivity contribution in [1.82, 2.24) is 29.4 Å². The van der Waals surface area contributed by atoms with Gasteiger partial charge >= 0.3 is 11.9 Å². The normalized spacial score (nSPS) is 11.7. The number of methoxy groups -OCH3 is 1. The number of halogens is 5. The fraction of sp³-hybridized carbons (Fsp3) is 0.125. The van der Waals surface area contributed by atoms with E-state index in [2.05, 4.69) is 20.2 Å². The molecule has 0 fully saturated rings. The lowest BCUT2D eigenvalue weighted by Gasteiger charge is -2.11. The van der Waals surface area contributed by atoms with Crippen LogP contribution in [0.4, 0.5) is 17.6 Å². The Morgan fingerprint density at radius 3 is 2.38 bits per heavy atom. The lowest BCUT2D eigenvalue weighted by molar-refractivity contribution is -0.141. The summed E-state index contributed by atoms with van der Waals surface area (Å²) in [7, 11) is 1.29. The highest BCUT2D eigenvalue weighted by Crippen LogP contribution is 2.35. The molecule has 0 spiro atoms. The van der Waals surface area contributed by atoms with Crippen LogP contribution in [-0.4, -0.2) is 36.5 Å². The van der Waals surface area contributed by atoms with E-state index in [1.807, 2.05) is 0 Å². The predicted octanol–water partition coefficient (Wildman–Crippen LogP) is 4.88. The lowest BCUT2D eigenvalue weighted by Crippen LogP contribution is -2.23. The van der Waals surface area contributed by atoms with Gasteiger partial charge in [0.05, 0.1) is 19.9 Å². The summed E-state index contributed by atoms with van der Waals surface area (Å²) >= 11 is 6.05. The van der Waals surface area contributed by atoms with Gasteiger partial charge in [0.1, 0.15) is 5.69 Å². The molecule has 1 aromatic carbocycles. The smallest absolute Gasteiger partial charge is 0.433 e. The van der Waals surface area contributed by atoms with Gasteiger partial charge in [-0.05, 0) is 35.4 Å². The zero-order valence-electron chi connectivity index (χ0n) is 18.9. The SMILES string of the molecule is COc1ncc(-c2cnn3c(=O)n(Cc4ccc(C(F)(F)F)nc4)nc3c2-c2ccc(Cl)cc2)cc1F. The first kappa shape index (κ1) is 24.4. The van der Waals surface area contributed by atoms with E-state index in [0.29, 0.717) is 32.8 Å². The number of ether oxygens (including phenoxy) is 1. The number of alkyl halides is 3. The second-order valence-electron chi connectivity index (χ2n) is 7.88. The molecule has 13 heteroatoms. The van der Waals surface area contributed by atoms with Gasteiger partial charge < -0.3 is 4.74 Å². The van der Waals surface area contributed by atoms with Crippen LogP contribution in [0.2, 0.25) is 5.02 Å². The van der Waals surface area contributed by atoms with Gasteiger partial charge in [-0.15, -0.1) is 5.10 Å². The van der Waals surface area contributed by atoms with Crippen molar-refractivity contribution in [3.05, 3.63) is 93.6 Å². The highest BCUT2D eigenvalue weighted by Gasteiger charge is 2.32. The van der Waals surface area contributed by atoms with Crippen LogP contribution in [0, 0.1) is 5.82 Å². The summed E-state index contributed by atoms with van der Waals surface area (Å²) in [6, 6.07) is 9.98. The summed E-state index contributed by atoms with van der Waals surface area (Å²) in [6.45, 7) is -0.151. The average molecular weight is 531 g/mol. The Morgan fingerprint density at radius 1 is 1.00 bits per heavy atom. The molecule has 0 saturated heterocycles. The molecule has 37 heavy (non-hydrogen) atoms. The zero-order chi connectivity index (χ0) is 26.3. The van der Waals surface area contributed by atoms with Crippen molar-refractivity contribution in [2.75, 3.05) is 7.11 Å². The molecule has 4 heterocycles. The van der Waals surface area contributed by atoms with Crippen LogP contribution in [0.1, 0.15) is 11.3 Å². The van der Waals surface area contributed by atoms with E-state index >= 15 is 0 Å². The number of nitrogens with zero attached hydrogens (tertiary/aromatic N) is 6. The molecule has 0 N–H and O–H groups in total. The van der Waals surface area contributed by atoms with Crippen LogP contribution in [0.25, 0.3) is 27.9 Å². The Hall–Kier alpha value is -4.32. The average Bonchev–Trinajstić information content (AvgIpc) is 3.19. The number of pyridine rings is 2. The Kier molecular flexibility index (Phi) is 6.12. The number of hydrogen-bond acceptors (Lipinski definition) is 6. The fourth-order valence-corrected chi connectivity index (χ4v) is 3.89. The standard InChI is InChI=1S/C24H15ClF4N6O2/c1-37-22-18(26)8-15(10-31-22)17-11-32-35-21(20(17)14-3-5-16(25)6-4-14)33-34(23(35)36)12-13-2-7-19(30-9-13)24(27,28)29/h2-11H,12H2,1H3. The molecular weight excluding hydrogens is 516 g/mol. The van der Waals surface area contributed by atoms with Gasteiger partial charge in [0, 0.05) is 34.1 Å². The number of benzene rings is 1. The summed E-state index contributed by atoms with van der Waals surface area (Å²) < 4.78 is 60.0. The molecule has 0 saturated carbocycles. The van der Waals surface area contributed by atoms with Gasteiger partial charge in [-0.25, -0.2) is 18.9 Å². The van der Waals surface area contributed by atoms with E-state index in [-0.39, 0.29) is 18.1 Å². The Bertz CT molecular complexity index is 1670. The highest BCUT2D eigenvalue weighted by molar-refractivity contribution is 6.30. The molecule has 0 amide bonds. The first-order valence-corrected chi connectivity index (χ1v) is 11.0. The maximum Gasteiger partial charge on any atom is 0.433 e. The van der Waals surface area contributed by atoms with Crippen molar-refractivity contribution < 1.29 is 22.3 Å². The first-order valence-electron chi connectivity index (χ1n) is 10.6. The summed E-state index contributed by atoms with van der Waals surface area (Å²) in [5, 5.41) is 9.07. The van der Waals surface area contributed by atoms with E-state index in [1.54, 1.807) is 24.3 Å². The second-order valence-corrected chi connectivity index (χ2v) is 8.32. The second kappa shape index (κ2) is 9.28. The van der Waals surface area contributed by atoms with Gasteiger partial charge in [-0.2, -0.15) is 22.8 Å². The predicted molar refractivity (Wildman–Crippen MR) is 126 cm³/mol. The topological polar surface area (TPSA) is 87.2 Å². The molecule has 5 aromatic rings. The molecule has 0 aliphatic heterocycles. The molecule has 5 rings (SSSR count). The van der Waals surface area contributed by atoms with Gasteiger partial charge in [-0.3, -0.25) is 4.98 Å². The molecule has 0 aliphatic rings. The van der Waals surface area contributed by atoms with Crippen molar-refractivity contribution in [3.63, 3.8) is 0 Å². The van der Waals surface area contributed by atoms with E-state index in [9.17, 15) is 22.4 Å². The minimum absolute atomic E-state index is 0.140. The van der Waals surface area contributed by atoms with Crippen molar-refractivity contribution in [3.8, 4) is 28.1 Å². The molecule has 0 radical (unpaired) electrons. The third-order valence-corrected chi connectivity index (χ3v) is 5.76. The van der Waals surface area contributed by atoms with Crippen LogP contribution in [-0.2, 0) is 12.7 Å². The number of aromatic nitrogens is 6. The monoisotopic (exact) mass is 530 g/mol. The number of rotatable bonds is 5. The maximum atomic E-state index is 14.5. The van der Waals surface area contributed by atoms with Crippen LogP contribution in [0.3, 0.4) is 0 Å². The molecule has 0 atom stereocenters. The third kappa shape index (κ3) is 4.62. The highest BCUT2D eigenvalue weighted by atomic mass is 35.5. The Labute approximate surface area is 210 Å². The molecule has 8 nitrogen and oxygen atoms in total. The third-order valence-electron chi connectivity index (χ3n) is 5.51. The van der Waals surface area contributed by atoms with E-state index < -0.39 is 23.4 Å².